The molecule has 0 spiro atoms. The molecule has 0 aliphatic carbocycles. The first kappa shape index (κ1) is 24.8. The number of pyridine rings is 1. The second-order valence-electron chi connectivity index (χ2n) is 6.87. The molecule has 3 rings (SSSR count). The zero-order valence-corrected chi connectivity index (χ0v) is 17.8. The van der Waals surface area contributed by atoms with E-state index in [2.05, 4.69) is 20.5 Å². The van der Waals surface area contributed by atoms with Crippen LogP contribution in [0.1, 0.15) is 22.3 Å². The van der Waals surface area contributed by atoms with E-state index in [1.807, 2.05) is 6.07 Å². The summed E-state index contributed by atoms with van der Waals surface area (Å²) in [5.74, 6) is -0.397. The van der Waals surface area contributed by atoms with Gasteiger partial charge in [0, 0.05) is 11.3 Å². The molecule has 1 heterocycles. The van der Waals surface area contributed by atoms with Gasteiger partial charge in [-0.15, -0.1) is 10.2 Å². The first-order valence-corrected chi connectivity index (χ1v) is 9.62. The molecule has 3 N–H and O–H groups in total. The number of aromatic nitrogens is 1. The molecule has 0 aliphatic rings. The fraction of sp³-hybridized carbons (Fsp3) is 0.143. The number of nitriles is 1. The van der Waals surface area contributed by atoms with E-state index < -0.39 is 23.5 Å². The Morgan fingerprint density at radius 3 is 2.26 bits per heavy atom. The molecule has 0 saturated carbocycles. The number of nitrogens with one attached hydrogen (secondary N) is 1. The molecule has 3 aromatic rings. The normalized spacial score (nSPS) is 12.1. The molecular weight excluding hydrogens is 486 g/mol. The highest BCUT2D eigenvalue weighted by Gasteiger charge is 2.31. The van der Waals surface area contributed by atoms with Crippen molar-refractivity contribution in [1.29, 1.82) is 5.26 Å². The molecule has 0 radical (unpaired) electrons. The number of azo groups is 1. The summed E-state index contributed by atoms with van der Waals surface area (Å²) < 4.78 is 77.8. The fourth-order valence-electron chi connectivity index (χ4n) is 2.85. The number of anilines is 3. The molecule has 0 bridgehead atoms. The second kappa shape index (κ2) is 9.18. The van der Waals surface area contributed by atoms with Crippen LogP contribution in [0.25, 0.3) is 0 Å². The lowest BCUT2D eigenvalue weighted by molar-refractivity contribution is -0.138. The maximum absolute atomic E-state index is 13.0. The average molecular weight is 499 g/mol. The van der Waals surface area contributed by atoms with Crippen molar-refractivity contribution in [3.05, 3.63) is 69.7 Å². The van der Waals surface area contributed by atoms with Crippen molar-refractivity contribution in [2.75, 3.05) is 11.1 Å². The molecule has 0 amide bonds. The van der Waals surface area contributed by atoms with Crippen molar-refractivity contribution in [3.63, 3.8) is 0 Å². The molecule has 1 aromatic heterocycles. The van der Waals surface area contributed by atoms with Crippen LogP contribution in [0.4, 0.5) is 55.0 Å². The van der Waals surface area contributed by atoms with Crippen molar-refractivity contribution < 1.29 is 26.3 Å². The third-order valence-electron chi connectivity index (χ3n) is 4.54. The highest BCUT2D eigenvalue weighted by molar-refractivity contribution is 6.33. The maximum atomic E-state index is 13.0. The van der Waals surface area contributed by atoms with E-state index >= 15 is 0 Å². The Bertz CT molecular complexity index is 1310. The number of halogens is 7. The van der Waals surface area contributed by atoms with Crippen molar-refractivity contribution in [2.45, 2.75) is 19.3 Å². The Morgan fingerprint density at radius 2 is 1.65 bits per heavy atom. The van der Waals surface area contributed by atoms with Gasteiger partial charge in [0.25, 0.3) is 0 Å². The first-order valence-electron chi connectivity index (χ1n) is 9.24. The standard InChI is InChI=1S/C21H13ClF6N6/c1-10-14(9-29)19(31-13-4-2-3-11(7-13)20(23,24)25)32-18(30)17(10)34-33-16-8-12(21(26,27)28)5-6-15(16)22/h2-8H,1H3,(H3,30,31,32)/b34-33+. The van der Waals surface area contributed by atoms with Crippen LogP contribution in [0.15, 0.2) is 52.7 Å². The molecular formula is C21H13ClF6N6. The predicted molar refractivity (Wildman–Crippen MR) is 113 cm³/mol. The highest BCUT2D eigenvalue weighted by Crippen LogP contribution is 2.38. The third kappa shape index (κ3) is 5.37. The summed E-state index contributed by atoms with van der Waals surface area (Å²) in [4.78, 5) is 3.98. The number of nitrogen functional groups attached to an aromatic ring is 1. The Kier molecular flexibility index (Phi) is 6.70. The van der Waals surface area contributed by atoms with Crippen LogP contribution in [0.5, 0.6) is 0 Å². The van der Waals surface area contributed by atoms with Crippen molar-refractivity contribution in [3.8, 4) is 6.07 Å². The van der Waals surface area contributed by atoms with E-state index in [1.165, 1.54) is 19.1 Å². The fourth-order valence-corrected chi connectivity index (χ4v) is 3.01. The topological polar surface area (TPSA) is 99.5 Å². The van der Waals surface area contributed by atoms with Crippen LogP contribution < -0.4 is 11.1 Å². The maximum Gasteiger partial charge on any atom is 0.416 e. The van der Waals surface area contributed by atoms with Gasteiger partial charge in [0.2, 0.25) is 0 Å². The van der Waals surface area contributed by atoms with Crippen LogP contribution in [-0.2, 0) is 12.4 Å². The summed E-state index contributed by atoms with van der Waals surface area (Å²) in [6, 6.07) is 8.57. The number of nitrogens with two attached hydrogens (primary N) is 1. The van der Waals surface area contributed by atoms with Gasteiger partial charge in [0.05, 0.1) is 21.7 Å². The van der Waals surface area contributed by atoms with E-state index in [4.69, 9.17) is 17.3 Å². The number of benzene rings is 2. The minimum atomic E-state index is -4.63. The van der Waals surface area contributed by atoms with E-state index in [-0.39, 0.29) is 44.8 Å². The molecule has 0 unspecified atom stereocenters. The summed E-state index contributed by atoms with van der Waals surface area (Å²) in [6.07, 6.45) is -9.21. The zero-order chi connectivity index (χ0) is 25.3. The molecule has 0 aliphatic heterocycles. The van der Waals surface area contributed by atoms with Gasteiger partial charge < -0.3 is 11.1 Å². The van der Waals surface area contributed by atoms with Gasteiger partial charge in [-0.2, -0.15) is 31.6 Å². The van der Waals surface area contributed by atoms with Crippen LogP contribution in [0.2, 0.25) is 5.02 Å². The summed E-state index contributed by atoms with van der Waals surface area (Å²) in [5, 5.41) is 19.6. The molecule has 34 heavy (non-hydrogen) atoms. The molecule has 0 saturated heterocycles. The van der Waals surface area contributed by atoms with Gasteiger partial charge in [0.1, 0.15) is 17.4 Å². The van der Waals surface area contributed by atoms with Gasteiger partial charge in [0.15, 0.2) is 11.6 Å². The minimum Gasteiger partial charge on any atom is -0.382 e. The van der Waals surface area contributed by atoms with Crippen molar-refractivity contribution >= 4 is 40.3 Å². The summed E-state index contributed by atoms with van der Waals surface area (Å²) in [6.45, 7) is 1.43. The third-order valence-corrected chi connectivity index (χ3v) is 4.86. The van der Waals surface area contributed by atoms with Crippen molar-refractivity contribution in [1.82, 2.24) is 4.98 Å². The summed E-state index contributed by atoms with van der Waals surface area (Å²) in [7, 11) is 0. The Morgan fingerprint density at radius 1 is 1.00 bits per heavy atom. The molecule has 13 heteroatoms. The first-order chi connectivity index (χ1) is 15.8. The van der Waals surface area contributed by atoms with Gasteiger partial charge >= 0.3 is 12.4 Å². The average Bonchev–Trinajstić information content (AvgIpc) is 2.73. The van der Waals surface area contributed by atoms with Gasteiger partial charge in [-0.1, -0.05) is 17.7 Å². The van der Waals surface area contributed by atoms with Gasteiger partial charge in [-0.3, -0.25) is 0 Å². The number of alkyl halides is 6. The van der Waals surface area contributed by atoms with Crippen LogP contribution >= 0.6 is 11.6 Å². The highest BCUT2D eigenvalue weighted by atomic mass is 35.5. The van der Waals surface area contributed by atoms with Crippen LogP contribution in [-0.4, -0.2) is 4.98 Å². The smallest absolute Gasteiger partial charge is 0.382 e. The van der Waals surface area contributed by atoms with Crippen LogP contribution in [0, 0.1) is 18.3 Å². The van der Waals surface area contributed by atoms with E-state index in [0.717, 1.165) is 24.3 Å². The molecule has 176 valence electrons. The molecule has 0 atom stereocenters. The molecule has 0 fully saturated rings. The Hall–Kier alpha value is -3.85. The number of nitrogens with zero attached hydrogens (tertiary/aromatic N) is 4. The van der Waals surface area contributed by atoms with Gasteiger partial charge in [-0.25, -0.2) is 4.98 Å². The number of hydrogen-bond donors (Lipinski definition) is 2. The van der Waals surface area contributed by atoms with E-state index in [9.17, 15) is 31.6 Å². The largest absolute Gasteiger partial charge is 0.416 e. The lowest BCUT2D eigenvalue weighted by Gasteiger charge is -2.14. The SMILES string of the molecule is Cc1c(C#N)c(Nc2cccc(C(F)(F)F)c2)nc(N)c1/N=N/c1cc(C(F)(F)F)ccc1Cl. The number of hydrogen-bond acceptors (Lipinski definition) is 6. The van der Waals surface area contributed by atoms with E-state index in [1.54, 1.807) is 0 Å². The molecule has 2 aromatic carbocycles. The lowest BCUT2D eigenvalue weighted by Crippen LogP contribution is -2.07. The molecule has 6 nitrogen and oxygen atoms in total. The van der Waals surface area contributed by atoms with E-state index in [0.29, 0.717) is 6.07 Å². The number of rotatable bonds is 4. The minimum absolute atomic E-state index is 0.00255. The summed E-state index contributed by atoms with van der Waals surface area (Å²) in [5.41, 5.74) is 3.63. The monoisotopic (exact) mass is 498 g/mol. The summed E-state index contributed by atoms with van der Waals surface area (Å²) >= 11 is 5.90. The Labute approximate surface area is 193 Å². The van der Waals surface area contributed by atoms with Crippen molar-refractivity contribution in [2.24, 2.45) is 10.2 Å². The lowest BCUT2D eigenvalue weighted by atomic mass is 10.1. The van der Waals surface area contributed by atoms with Crippen LogP contribution in [0.3, 0.4) is 0 Å². The zero-order valence-electron chi connectivity index (χ0n) is 17.1. The quantitative estimate of drug-likeness (QED) is 0.284. The van der Waals surface area contributed by atoms with Gasteiger partial charge in [-0.05, 0) is 43.3 Å². The Balaban J connectivity index is 2.00. The predicted octanol–water partition coefficient (Wildman–Crippen LogP) is 7.69. The second-order valence-corrected chi connectivity index (χ2v) is 7.28.